The number of alkyl halides is 6. The van der Waals surface area contributed by atoms with E-state index < -0.39 is 48.4 Å². The quantitative estimate of drug-likeness (QED) is 0.580. The Morgan fingerprint density at radius 3 is 2.43 bits per heavy atom. The summed E-state index contributed by atoms with van der Waals surface area (Å²) in [6.45, 7) is -0.509. The lowest BCUT2D eigenvalue weighted by molar-refractivity contribution is -0.215. The minimum Gasteiger partial charge on any atom is -0.491 e. The first-order valence-electron chi connectivity index (χ1n) is 10.1. The van der Waals surface area contributed by atoms with E-state index >= 15 is 0 Å². The van der Waals surface area contributed by atoms with E-state index in [1.165, 1.54) is 13.2 Å². The van der Waals surface area contributed by atoms with Crippen molar-refractivity contribution in [2.45, 2.75) is 31.2 Å². The van der Waals surface area contributed by atoms with Crippen LogP contribution in [0.3, 0.4) is 0 Å². The topological polar surface area (TPSA) is 83.8 Å². The third kappa shape index (κ3) is 6.48. The Morgan fingerprint density at radius 1 is 1.17 bits per heavy atom. The number of carbonyl (C=O) groups excluding carboxylic acids is 1. The van der Waals surface area contributed by atoms with E-state index in [0.717, 1.165) is 12.1 Å². The molecule has 1 aliphatic rings. The fourth-order valence-corrected chi connectivity index (χ4v) is 3.38. The third-order valence-corrected chi connectivity index (χ3v) is 5.03. The van der Waals surface area contributed by atoms with Crippen molar-refractivity contribution in [3.05, 3.63) is 59.2 Å². The maximum Gasteiger partial charge on any atom is 0.433 e. The number of rotatable bonds is 6. The fraction of sp³-hybridized carbons (Fsp3) is 0.364. The number of nitriles is 1. The first kappa shape index (κ1) is 26.0. The summed E-state index contributed by atoms with van der Waals surface area (Å²) in [6.07, 6.45) is -14.0. The second kappa shape index (κ2) is 10.3. The molecule has 13 heteroatoms. The molecule has 0 saturated carbocycles. The third-order valence-electron chi connectivity index (χ3n) is 5.03. The Labute approximate surface area is 195 Å². The number of carbonyl (C=O) groups is 1. The van der Waals surface area contributed by atoms with Gasteiger partial charge in [-0.25, -0.2) is 4.79 Å². The average molecular weight is 503 g/mol. The van der Waals surface area contributed by atoms with E-state index in [9.17, 15) is 31.1 Å². The lowest BCUT2D eigenvalue weighted by atomic mass is 10.1. The van der Waals surface area contributed by atoms with E-state index in [1.807, 2.05) is 0 Å². The number of methoxy groups -OCH3 is 1. The Bertz CT molecular complexity index is 1080. The molecule has 0 radical (unpaired) electrons. The molecule has 1 aliphatic heterocycles. The Kier molecular flexibility index (Phi) is 7.64. The van der Waals surface area contributed by atoms with Crippen molar-refractivity contribution in [2.75, 3.05) is 25.2 Å². The summed E-state index contributed by atoms with van der Waals surface area (Å²) in [5, 5.41) is 11.4. The summed E-state index contributed by atoms with van der Waals surface area (Å²) in [5.74, 6) is 0.315. The van der Waals surface area contributed by atoms with Gasteiger partial charge in [-0.1, -0.05) is 12.1 Å². The Balaban J connectivity index is 1.71. The second-order valence-corrected chi connectivity index (χ2v) is 7.44. The molecule has 188 valence electrons. The first-order chi connectivity index (χ1) is 16.4. The highest BCUT2D eigenvalue weighted by molar-refractivity contribution is 5.66. The fourth-order valence-electron chi connectivity index (χ4n) is 3.38. The summed E-state index contributed by atoms with van der Waals surface area (Å²) in [7, 11) is 1.22. The molecular formula is C22H19F6N3O4. The number of anilines is 1. The minimum atomic E-state index is -4.92. The number of benzene rings is 2. The van der Waals surface area contributed by atoms with E-state index in [1.54, 1.807) is 24.3 Å². The van der Waals surface area contributed by atoms with Crippen LogP contribution in [0.5, 0.6) is 5.75 Å². The maximum absolute atomic E-state index is 13.6. The summed E-state index contributed by atoms with van der Waals surface area (Å²) in [4.78, 5) is 11.8. The molecule has 35 heavy (non-hydrogen) atoms. The molecule has 0 spiro atoms. The molecule has 7 nitrogen and oxygen atoms in total. The predicted octanol–water partition coefficient (Wildman–Crippen LogP) is 4.61. The summed E-state index contributed by atoms with van der Waals surface area (Å²) in [6, 6.07) is 10.1. The number of hydrogen-bond donors (Lipinski definition) is 1. The van der Waals surface area contributed by atoms with Crippen molar-refractivity contribution >= 4 is 11.8 Å². The largest absolute Gasteiger partial charge is 0.491 e. The smallest absolute Gasteiger partial charge is 0.433 e. The molecule has 0 aliphatic carbocycles. The van der Waals surface area contributed by atoms with Crippen molar-refractivity contribution in [1.29, 1.82) is 5.26 Å². The molecule has 1 amide bonds. The molecule has 2 aromatic rings. The van der Waals surface area contributed by atoms with E-state index in [4.69, 9.17) is 14.7 Å². The maximum atomic E-state index is 13.6. The zero-order chi connectivity index (χ0) is 25.8. The number of halogens is 6. The highest BCUT2D eigenvalue weighted by Gasteiger charge is 2.51. The lowest BCUT2D eigenvalue weighted by Gasteiger charge is -2.27. The molecule has 1 saturated heterocycles. The van der Waals surface area contributed by atoms with Gasteiger partial charge in [0.2, 0.25) is 6.23 Å². The zero-order valence-electron chi connectivity index (χ0n) is 18.1. The molecule has 2 aromatic carbocycles. The van der Waals surface area contributed by atoms with Gasteiger partial charge in [0.1, 0.15) is 18.5 Å². The summed E-state index contributed by atoms with van der Waals surface area (Å²) in [5.41, 5.74) is -1.71. The minimum absolute atomic E-state index is 0.186. The molecule has 1 N–H and O–H groups in total. The number of amides is 1. The van der Waals surface area contributed by atoms with Crippen LogP contribution in [-0.2, 0) is 22.2 Å². The van der Waals surface area contributed by atoms with E-state index in [2.05, 4.69) is 10.1 Å². The standard InChI is InChI=1S/C22H19F6N3O4/c1-33-20(32)30-10-13-2-6-16(7-3-13)34-12-17-11-31(19(35-17)22(26,27)28)15-5-4-14(9-29)18(8-15)21(23,24)25/h2-8,17,19H,10-12H2,1H3,(H,30,32)/t17-,19+/m0/s1. The van der Waals surface area contributed by atoms with Crippen LogP contribution in [-0.4, -0.2) is 44.9 Å². The van der Waals surface area contributed by atoms with Gasteiger partial charge in [0.05, 0.1) is 30.9 Å². The van der Waals surface area contributed by atoms with Crippen molar-refractivity contribution in [3.8, 4) is 11.8 Å². The van der Waals surface area contributed by atoms with Crippen LogP contribution < -0.4 is 15.0 Å². The summed E-state index contributed by atoms with van der Waals surface area (Å²) >= 11 is 0. The molecule has 0 bridgehead atoms. The van der Waals surface area contributed by atoms with Crippen molar-refractivity contribution in [2.24, 2.45) is 0 Å². The van der Waals surface area contributed by atoms with Gasteiger partial charge in [0.25, 0.3) is 0 Å². The van der Waals surface area contributed by atoms with Gasteiger partial charge in [-0.15, -0.1) is 0 Å². The lowest BCUT2D eigenvalue weighted by Crippen LogP contribution is -2.42. The molecule has 1 heterocycles. The van der Waals surface area contributed by atoms with Gasteiger partial charge in [-0.2, -0.15) is 31.6 Å². The highest BCUT2D eigenvalue weighted by Crippen LogP contribution is 2.39. The SMILES string of the molecule is COC(=O)NCc1ccc(OC[C@@H]2CN(c3ccc(C#N)c(C(F)(F)F)c3)[C@@H](C(F)(F)F)O2)cc1. The van der Waals surface area contributed by atoms with Gasteiger partial charge < -0.3 is 24.4 Å². The summed E-state index contributed by atoms with van der Waals surface area (Å²) < 4.78 is 95.6. The zero-order valence-corrected chi connectivity index (χ0v) is 18.1. The van der Waals surface area contributed by atoms with Crippen LogP contribution in [0.4, 0.5) is 36.8 Å². The molecule has 2 atom stereocenters. The van der Waals surface area contributed by atoms with Gasteiger partial charge in [-0.05, 0) is 35.9 Å². The number of alkyl carbamates (subject to hydrolysis) is 1. The Hall–Kier alpha value is -3.66. The van der Waals surface area contributed by atoms with Crippen molar-refractivity contribution in [1.82, 2.24) is 5.32 Å². The molecule has 0 aromatic heterocycles. The monoisotopic (exact) mass is 503 g/mol. The Morgan fingerprint density at radius 2 is 1.86 bits per heavy atom. The number of nitrogens with one attached hydrogen (secondary N) is 1. The number of hydrogen-bond acceptors (Lipinski definition) is 6. The number of nitrogens with zero attached hydrogens (tertiary/aromatic N) is 2. The van der Waals surface area contributed by atoms with Crippen LogP contribution >= 0.6 is 0 Å². The average Bonchev–Trinajstić information content (AvgIpc) is 3.26. The van der Waals surface area contributed by atoms with E-state index in [0.29, 0.717) is 22.3 Å². The highest BCUT2D eigenvalue weighted by atomic mass is 19.4. The molecule has 0 unspecified atom stereocenters. The van der Waals surface area contributed by atoms with Crippen LogP contribution in [0.1, 0.15) is 16.7 Å². The van der Waals surface area contributed by atoms with Crippen LogP contribution in [0.2, 0.25) is 0 Å². The molecule has 3 rings (SSSR count). The van der Waals surface area contributed by atoms with Gasteiger partial charge in [-0.3, -0.25) is 0 Å². The number of ether oxygens (including phenoxy) is 3. The van der Waals surface area contributed by atoms with Gasteiger partial charge >= 0.3 is 18.4 Å². The van der Waals surface area contributed by atoms with Crippen LogP contribution in [0.25, 0.3) is 0 Å². The normalized spacial score (nSPS) is 18.2. The molecular weight excluding hydrogens is 484 g/mol. The first-order valence-corrected chi connectivity index (χ1v) is 10.1. The van der Waals surface area contributed by atoms with Crippen molar-refractivity contribution in [3.63, 3.8) is 0 Å². The predicted molar refractivity (Wildman–Crippen MR) is 109 cm³/mol. The van der Waals surface area contributed by atoms with Gasteiger partial charge in [0.15, 0.2) is 0 Å². The van der Waals surface area contributed by atoms with E-state index in [-0.39, 0.29) is 18.8 Å². The second-order valence-electron chi connectivity index (χ2n) is 7.44. The van der Waals surface area contributed by atoms with Crippen molar-refractivity contribution < 1.29 is 45.3 Å². The van der Waals surface area contributed by atoms with Gasteiger partial charge in [0, 0.05) is 12.2 Å². The van der Waals surface area contributed by atoms with Crippen LogP contribution in [0.15, 0.2) is 42.5 Å². The molecule has 1 fully saturated rings. The van der Waals surface area contributed by atoms with Crippen LogP contribution in [0, 0.1) is 11.3 Å².